The molecule has 1 aromatic carbocycles. The van der Waals surface area contributed by atoms with Crippen molar-refractivity contribution in [3.05, 3.63) is 47.5 Å². The SMILES string of the molecule is C=C(CC(=O)OC1(C#Cc2ccc(C(F)(F)F)cc2)CCC1)C(=O)OCC(=O)O. The van der Waals surface area contributed by atoms with Gasteiger partial charge in [0.25, 0.3) is 0 Å². The highest BCUT2D eigenvalue weighted by atomic mass is 19.4. The van der Waals surface area contributed by atoms with E-state index in [9.17, 15) is 27.6 Å². The van der Waals surface area contributed by atoms with Crippen molar-refractivity contribution in [2.75, 3.05) is 6.61 Å². The first kappa shape index (κ1) is 22.0. The molecule has 1 aliphatic rings. The molecule has 0 unspecified atom stereocenters. The molecular formula is C20H17F3O6. The van der Waals surface area contributed by atoms with E-state index in [2.05, 4.69) is 23.2 Å². The number of carbonyl (C=O) groups is 3. The molecule has 0 aliphatic heterocycles. The zero-order valence-electron chi connectivity index (χ0n) is 15.2. The van der Waals surface area contributed by atoms with Crippen LogP contribution in [0.2, 0.25) is 0 Å². The standard InChI is InChI=1S/C20H17F3O6/c1-13(18(27)28-12-16(24)25)11-17(26)29-19(8-2-9-19)10-7-14-3-5-15(6-4-14)20(21,22)23/h3-6H,1-2,8-9,11-12H2,(H,24,25). The Kier molecular flexibility index (Phi) is 6.69. The summed E-state index contributed by atoms with van der Waals surface area (Å²) in [5.74, 6) is 2.33. The smallest absolute Gasteiger partial charge is 0.416 e. The van der Waals surface area contributed by atoms with Gasteiger partial charge in [-0.2, -0.15) is 13.2 Å². The molecule has 1 aromatic rings. The number of halogens is 3. The molecule has 0 spiro atoms. The molecule has 1 N–H and O–H groups in total. The minimum Gasteiger partial charge on any atom is -0.479 e. The van der Waals surface area contributed by atoms with Gasteiger partial charge in [-0.3, -0.25) is 4.79 Å². The van der Waals surface area contributed by atoms with Crippen LogP contribution >= 0.6 is 0 Å². The number of hydrogen-bond donors (Lipinski definition) is 1. The van der Waals surface area contributed by atoms with E-state index in [1.165, 1.54) is 12.1 Å². The Morgan fingerprint density at radius 2 is 1.79 bits per heavy atom. The molecular weight excluding hydrogens is 393 g/mol. The van der Waals surface area contributed by atoms with E-state index in [4.69, 9.17) is 9.84 Å². The van der Waals surface area contributed by atoms with Crippen LogP contribution in [0.5, 0.6) is 0 Å². The van der Waals surface area contributed by atoms with Crippen LogP contribution in [0.3, 0.4) is 0 Å². The fraction of sp³-hybridized carbons (Fsp3) is 0.350. The largest absolute Gasteiger partial charge is 0.479 e. The van der Waals surface area contributed by atoms with Crippen molar-refractivity contribution < 1.29 is 42.1 Å². The first-order valence-electron chi connectivity index (χ1n) is 8.50. The number of alkyl halides is 3. The average Bonchev–Trinajstić information content (AvgIpc) is 2.61. The Balaban J connectivity index is 1.98. The number of esters is 2. The van der Waals surface area contributed by atoms with Gasteiger partial charge in [-0.25, -0.2) is 9.59 Å². The summed E-state index contributed by atoms with van der Waals surface area (Å²) in [6.07, 6.45) is -3.30. The zero-order valence-corrected chi connectivity index (χ0v) is 15.2. The molecule has 0 heterocycles. The maximum Gasteiger partial charge on any atom is 0.416 e. The van der Waals surface area contributed by atoms with Crippen molar-refractivity contribution in [2.45, 2.75) is 37.5 Å². The van der Waals surface area contributed by atoms with Gasteiger partial charge >= 0.3 is 24.1 Å². The van der Waals surface area contributed by atoms with E-state index in [1.54, 1.807) is 0 Å². The summed E-state index contributed by atoms with van der Waals surface area (Å²) in [6.45, 7) is 2.52. The normalized spacial score (nSPS) is 14.6. The second kappa shape index (κ2) is 8.82. The molecule has 0 aromatic heterocycles. The van der Waals surface area contributed by atoms with Crippen LogP contribution in [0, 0.1) is 11.8 Å². The van der Waals surface area contributed by atoms with Gasteiger partial charge in [0.1, 0.15) is 0 Å². The lowest BCUT2D eigenvalue weighted by molar-refractivity contribution is -0.161. The molecule has 6 nitrogen and oxygen atoms in total. The average molecular weight is 410 g/mol. The lowest BCUT2D eigenvalue weighted by atomic mass is 9.80. The van der Waals surface area contributed by atoms with Gasteiger partial charge in [-0.1, -0.05) is 12.5 Å². The number of benzene rings is 1. The Morgan fingerprint density at radius 1 is 1.17 bits per heavy atom. The molecule has 1 saturated carbocycles. The number of hydrogen-bond acceptors (Lipinski definition) is 5. The highest BCUT2D eigenvalue weighted by Gasteiger charge is 2.39. The number of ether oxygens (including phenoxy) is 2. The summed E-state index contributed by atoms with van der Waals surface area (Å²) in [6, 6.07) is 4.28. The first-order chi connectivity index (χ1) is 13.5. The van der Waals surface area contributed by atoms with Crippen LogP contribution in [0.1, 0.15) is 36.8 Å². The topological polar surface area (TPSA) is 89.9 Å². The van der Waals surface area contributed by atoms with Crippen LogP contribution in [0.15, 0.2) is 36.4 Å². The molecule has 9 heteroatoms. The number of carboxylic acid groups (broad SMARTS) is 1. The van der Waals surface area contributed by atoms with Gasteiger partial charge in [0.2, 0.25) is 0 Å². The van der Waals surface area contributed by atoms with E-state index >= 15 is 0 Å². The molecule has 29 heavy (non-hydrogen) atoms. The summed E-state index contributed by atoms with van der Waals surface area (Å²) in [5, 5.41) is 8.46. The monoisotopic (exact) mass is 410 g/mol. The van der Waals surface area contributed by atoms with Gasteiger partial charge in [0, 0.05) is 11.1 Å². The third kappa shape index (κ3) is 6.38. The Hall–Kier alpha value is -3.28. The van der Waals surface area contributed by atoms with Crippen LogP contribution < -0.4 is 0 Å². The molecule has 2 rings (SSSR count). The van der Waals surface area contributed by atoms with Crippen molar-refractivity contribution >= 4 is 17.9 Å². The van der Waals surface area contributed by atoms with Crippen LogP contribution in [0.4, 0.5) is 13.2 Å². The van der Waals surface area contributed by atoms with E-state index in [0.29, 0.717) is 18.4 Å². The summed E-state index contributed by atoms with van der Waals surface area (Å²) in [4.78, 5) is 34.0. The number of rotatable bonds is 6. The molecule has 0 bridgehead atoms. The van der Waals surface area contributed by atoms with Crippen molar-refractivity contribution in [1.29, 1.82) is 0 Å². The highest BCUT2D eigenvalue weighted by molar-refractivity contribution is 5.94. The third-order valence-corrected chi connectivity index (χ3v) is 4.09. The lowest BCUT2D eigenvalue weighted by Crippen LogP contribution is -2.40. The van der Waals surface area contributed by atoms with Gasteiger partial charge in [0.05, 0.1) is 12.0 Å². The highest BCUT2D eigenvalue weighted by Crippen LogP contribution is 2.36. The minimum atomic E-state index is -4.44. The molecule has 0 radical (unpaired) electrons. The van der Waals surface area contributed by atoms with Gasteiger partial charge < -0.3 is 14.6 Å². The second-order valence-corrected chi connectivity index (χ2v) is 6.40. The van der Waals surface area contributed by atoms with Crippen LogP contribution in [0.25, 0.3) is 0 Å². The first-order valence-corrected chi connectivity index (χ1v) is 8.50. The third-order valence-electron chi connectivity index (χ3n) is 4.09. The number of carboxylic acids is 1. The predicted octanol–water partition coefficient (Wildman–Crippen LogP) is 3.10. The van der Waals surface area contributed by atoms with Gasteiger partial charge in [0.15, 0.2) is 12.2 Å². The van der Waals surface area contributed by atoms with Crippen LogP contribution in [-0.4, -0.2) is 35.2 Å². The summed E-state index contributed by atoms with van der Waals surface area (Å²) < 4.78 is 47.5. The summed E-state index contributed by atoms with van der Waals surface area (Å²) >= 11 is 0. The van der Waals surface area contributed by atoms with Crippen molar-refractivity contribution in [3.63, 3.8) is 0 Å². The van der Waals surface area contributed by atoms with Crippen LogP contribution in [-0.2, 0) is 30.0 Å². The molecule has 0 atom stereocenters. The van der Waals surface area contributed by atoms with E-state index in [0.717, 1.165) is 18.6 Å². The van der Waals surface area contributed by atoms with Crippen molar-refractivity contribution in [1.82, 2.24) is 0 Å². The Labute approximate surface area is 164 Å². The van der Waals surface area contributed by atoms with Crippen molar-refractivity contribution in [2.24, 2.45) is 0 Å². The fourth-order valence-corrected chi connectivity index (χ4v) is 2.41. The molecule has 0 saturated heterocycles. The zero-order chi connectivity index (χ0) is 21.7. The Morgan fingerprint density at radius 3 is 2.28 bits per heavy atom. The predicted molar refractivity (Wildman–Crippen MR) is 93.3 cm³/mol. The lowest BCUT2D eigenvalue weighted by Gasteiger charge is -2.36. The molecule has 154 valence electrons. The van der Waals surface area contributed by atoms with E-state index in [1.807, 2.05) is 0 Å². The van der Waals surface area contributed by atoms with E-state index < -0.39 is 48.3 Å². The number of aliphatic carboxylic acids is 1. The maximum absolute atomic E-state index is 12.6. The van der Waals surface area contributed by atoms with Gasteiger partial charge in [-0.15, -0.1) is 0 Å². The number of carbonyl (C=O) groups excluding carboxylic acids is 2. The quantitative estimate of drug-likeness (QED) is 0.440. The maximum atomic E-state index is 12.6. The fourth-order valence-electron chi connectivity index (χ4n) is 2.41. The minimum absolute atomic E-state index is 0.263. The Bertz CT molecular complexity index is 870. The van der Waals surface area contributed by atoms with Crippen molar-refractivity contribution in [3.8, 4) is 11.8 Å². The molecule has 1 aliphatic carbocycles. The summed E-state index contributed by atoms with van der Waals surface area (Å²) in [7, 11) is 0. The van der Waals surface area contributed by atoms with E-state index in [-0.39, 0.29) is 5.57 Å². The summed E-state index contributed by atoms with van der Waals surface area (Å²) in [5.41, 5.74) is -1.80. The second-order valence-electron chi connectivity index (χ2n) is 6.40. The molecule has 0 amide bonds. The van der Waals surface area contributed by atoms with Gasteiger partial charge in [-0.05, 0) is 49.4 Å². The molecule has 1 fully saturated rings.